The van der Waals surface area contributed by atoms with Gasteiger partial charge in [0.1, 0.15) is 0 Å². The Bertz CT molecular complexity index is 395. The molecule has 18 heavy (non-hydrogen) atoms. The van der Waals surface area contributed by atoms with Gasteiger partial charge in [0.15, 0.2) is 0 Å². The third-order valence-corrected chi connectivity index (χ3v) is 4.93. The van der Waals surface area contributed by atoms with Gasteiger partial charge in [-0.05, 0) is 12.5 Å². The zero-order valence-corrected chi connectivity index (χ0v) is 12.0. The molecule has 2 nitrogen and oxygen atoms in total. The van der Waals surface area contributed by atoms with Crippen LogP contribution in [0.5, 0.6) is 0 Å². The van der Waals surface area contributed by atoms with E-state index in [0.717, 1.165) is 12.6 Å². The molecule has 0 saturated carbocycles. The number of rotatable bonds is 3. The summed E-state index contributed by atoms with van der Waals surface area (Å²) < 4.78 is 0. The fourth-order valence-electron chi connectivity index (χ4n) is 2.91. The standard InChI is InChI=1S/C15H22N2S/c1-13-3-2-4-14(9-13)10-16-11-15(12-16)17-5-7-18-8-6-17/h2-4,9,15H,5-8,10-12H2,1H3. The minimum absolute atomic E-state index is 0.829. The van der Waals surface area contributed by atoms with E-state index in [1.807, 2.05) is 0 Å². The molecule has 2 saturated heterocycles. The Morgan fingerprint density at radius 1 is 1.22 bits per heavy atom. The molecule has 2 aliphatic rings. The Morgan fingerprint density at radius 3 is 2.72 bits per heavy atom. The molecule has 2 aliphatic heterocycles. The van der Waals surface area contributed by atoms with E-state index in [1.54, 1.807) is 0 Å². The summed E-state index contributed by atoms with van der Waals surface area (Å²) in [6.07, 6.45) is 0. The van der Waals surface area contributed by atoms with Gasteiger partial charge in [0.05, 0.1) is 0 Å². The van der Waals surface area contributed by atoms with Crippen LogP contribution in [0.2, 0.25) is 0 Å². The highest BCUT2D eigenvalue weighted by Crippen LogP contribution is 2.21. The molecule has 0 unspecified atom stereocenters. The largest absolute Gasteiger partial charge is 0.296 e. The Kier molecular flexibility index (Phi) is 3.92. The molecular weight excluding hydrogens is 240 g/mol. The van der Waals surface area contributed by atoms with E-state index in [0.29, 0.717) is 0 Å². The fourth-order valence-corrected chi connectivity index (χ4v) is 3.85. The van der Waals surface area contributed by atoms with Gasteiger partial charge in [0.25, 0.3) is 0 Å². The number of hydrogen-bond acceptors (Lipinski definition) is 3. The lowest BCUT2D eigenvalue weighted by atomic mass is 10.0. The van der Waals surface area contributed by atoms with E-state index in [9.17, 15) is 0 Å². The van der Waals surface area contributed by atoms with Gasteiger partial charge in [0, 0.05) is 50.3 Å². The van der Waals surface area contributed by atoms with Crippen LogP contribution >= 0.6 is 11.8 Å². The van der Waals surface area contributed by atoms with Crippen molar-refractivity contribution in [1.29, 1.82) is 0 Å². The van der Waals surface area contributed by atoms with E-state index in [2.05, 4.69) is 52.8 Å². The predicted octanol–water partition coefficient (Wildman–Crippen LogP) is 2.23. The summed E-state index contributed by atoms with van der Waals surface area (Å²) in [5.74, 6) is 2.66. The molecule has 0 amide bonds. The van der Waals surface area contributed by atoms with Crippen molar-refractivity contribution < 1.29 is 0 Å². The van der Waals surface area contributed by atoms with Crippen molar-refractivity contribution in [3.8, 4) is 0 Å². The second kappa shape index (κ2) is 5.64. The quantitative estimate of drug-likeness (QED) is 0.825. The van der Waals surface area contributed by atoms with Crippen molar-refractivity contribution in [1.82, 2.24) is 9.80 Å². The maximum absolute atomic E-state index is 2.68. The summed E-state index contributed by atoms with van der Waals surface area (Å²) >= 11 is 2.10. The summed E-state index contributed by atoms with van der Waals surface area (Å²) in [6.45, 7) is 8.42. The summed E-state index contributed by atoms with van der Waals surface area (Å²) in [4.78, 5) is 5.25. The molecule has 0 spiro atoms. The molecule has 2 heterocycles. The molecule has 2 fully saturated rings. The molecule has 0 atom stereocenters. The molecule has 0 bridgehead atoms. The van der Waals surface area contributed by atoms with Crippen LogP contribution < -0.4 is 0 Å². The molecule has 0 aromatic heterocycles. The topological polar surface area (TPSA) is 6.48 Å². The van der Waals surface area contributed by atoms with Gasteiger partial charge in [0.2, 0.25) is 0 Å². The van der Waals surface area contributed by atoms with Gasteiger partial charge in [-0.1, -0.05) is 29.8 Å². The highest BCUT2D eigenvalue weighted by atomic mass is 32.2. The van der Waals surface area contributed by atoms with Crippen LogP contribution in [-0.4, -0.2) is 53.5 Å². The van der Waals surface area contributed by atoms with E-state index in [1.165, 1.54) is 48.8 Å². The number of benzene rings is 1. The second-order valence-corrected chi connectivity index (χ2v) is 6.71. The number of nitrogens with zero attached hydrogens (tertiary/aromatic N) is 2. The van der Waals surface area contributed by atoms with Crippen molar-refractivity contribution in [2.45, 2.75) is 19.5 Å². The molecule has 3 heteroatoms. The van der Waals surface area contributed by atoms with Gasteiger partial charge in [-0.3, -0.25) is 9.80 Å². The molecule has 1 aromatic carbocycles. The van der Waals surface area contributed by atoms with E-state index < -0.39 is 0 Å². The first-order chi connectivity index (χ1) is 8.81. The Hall–Kier alpha value is -0.510. The predicted molar refractivity (Wildman–Crippen MR) is 79.1 cm³/mol. The smallest absolute Gasteiger partial charge is 0.0351 e. The van der Waals surface area contributed by atoms with Gasteiger partial charge >= 0.3 is 0 Å². The van der Waals surface area contributed by atoms with Crippen LogP contribution in [0.25, 0.3) is 0 Å². The zero-order chi connectivity index (χ0) is 12.4. The maximum Gasteiger partial charge on any atom is 0.0351 e. The molecule has 3 rings (SSSR count). The first-order valence-corrected chi connectivity index (χ1v) is 8.06. The Morgan fingerprint density at radius 2 is 2.00 bits per heavy atom. The molecule has 1 aromatic rings. The minimum atomic E-state index is 0.829. The molecule has 0 aliphatic carbocycles. The normalized spacial score (nSPS) is 22.9. The van der Waals surface area contributed by atoms with Crippen LogP contribution in [0.4, 0.5) is 0 Å². The van der Waals surface area contributed by atoms with Crippen molar-refractivity contribution >= 4 is 11.8 Å². The van der Waals surface area contributed by atoms with Crippen molar-refractivity contribution in [2.24, 2.45) is 0 Å². The lowest BCUT2D eigenvalue weighted by Gasteiger charge is -2.46. The van der Waals surface area contributed by atoms with Crippen molar-refractivity contribution in [3.05, 3.63) is 35.4 Å². The summed E-state index contributed by atoms with van der Waals surface area (Å²) in [5.41, 5.74) is 2.83. The average molecular weight is 262 g/mol. The summed E-state index contributed by atoms with van der Waals surface area (Å²) in [5, 5.41) is 0. The average Bonchev–Trinajstić information content (AvgIpc) is 2.34. The van der Waals surface area contributed by atoms with Crippen molar-refractivity contribution in [2.75, 3.05) is 37.7 Å². The molecule has 0 N–H and O–H groups in total. The lowest BCUT2D eigenvalue weighted by Crippen LogP contribution is -2.60. The number of likely N-dealkylation sites (tertiary alicyclic amines) is 1. The van der Waals surface area contributed by atoms with Gasteiger partial charge in [-0.25, -0.2) is 0 Å². The van der Waals surface area contributed by atoms with Gasteiger partial charge < -0.3 is 0 Å². The maximum atomic E-state index is 2.68. The first-order valence-electron chi connectivity index (χ1n) is 6.91. The summed E-state index contributed by atoms with van der Waals surface area (Å²) in [7, 11) is 0. The molecule has 0 radical (unpaired) electrons. The number of thioether (sulfide) groups is 1. The van der Waals surface area contributed by atoms with Crippen LogP contribution in [0.15, 0.2) is 24.3 Å². The van der Waals surface area contributed by atoms with Crippen LogP contribution in [0.1, 0.15) is 11.1 Å². The Labute approximate surface area is 114 Å². The third-order valence-electron chi connectivity index (χ3n) is 3.99. The fraction of sp³-hybridized carbons (Fsp3) is 0.600. The Balaban J connectivity index is 1.47. The molecular formula is C15H22N2S. The minimum Gasteiger partial charge on any atom is -0.296 e. The molecule has 98 valence electrons. The van der Waals surface area contributed by atoms with Crippen LogP contribution in [-0.2, 0) is 6.54 Å². The van der Waals surface area contributed by atoms with E-state index in [4.69, 9.17) is 0 Å². The number of aryl methyl sites for hydroxylation is 1. The first kappa shape index (κ1) is 12.5. The van der Waals surface area contributed by atoms with E-state index >= 15 is 0 Å². The third kappa shape index (κ3) is 2.90. The second-order valence-electron chi connectivity index (χ2n) is 5.49. The monoisotopic (exact) mass is 262 g/mol. The highest BCUT2D eigenvalue weighted by Gasteiger charge is 2.31. The lowest BCUT2D eigenvalue weighted by molar-refractivity contribution is 0.0343. The van der Waals surface area contributed by atoms with Gasteiger partial charge in [-0.2, -0.15) is 11.8 Å². The SMILES string of the molecule is Cc1cccc(CN2CC(N3CCSCC3)C2)c1. The van der Waals surface area contributed by atoms with Crippen LogP contribution in [0.3, 0.4) is 0 Å². The summed E-state index contributed by atoms with van der Waals surface area (Å²) in [6, 6.07) is 9.73. The van der Waals surface area contributed by atoms with Gasteiger partial charge in [-0.15, -0.1) is 0 Å². The van der Waals surface area contributed by atoms with Crippen LogP contribution in [0, 0.1) is 6.92 Å². The number of hydrogen-bond donors (Lipinski definition) is 0. The zero-order valence-electron chi connectivity index (χ0n) is 11.1. The van der Waals surface area contributed by atoms with E-state index in [-0.39, 0.29) is 0 Å². The highest BCUT2D eigenvalue weighted by molar-refractivity contribution is 7.99. The van der Waals surface area contributed by atoms with Crippen molar-refractivity contribution in [3.63, 3.8) is 0 Å².